The van der Waals surface area contributed by atoms with Gasteiger partial charge in [0.15, 0.2) is 0 Å². The summed E-state index contributed by atoms with van der Waals surface area (Å²) in [6.45, 7) is 0. The fraction of sp³-hybridized carbons (Fsp3) is 0.375. The molecule has 0 bridgehead atoms. The number of aromatic nitrogens is 1. The van der Waals surface area contributed by atoms with E-state index < -0.39 is 23.7 Å². The summed E-state index contributed by atoms with van der Waals surface area (Å²) in [7, 11) is 0. The number of pyridine rings is 1. The van der Waals surface area contributed by atoms with Crippen LogP contribution < -0.4 is 0 Å². The van der Waals surface area contributed by atoms with E-state index in [2.05, 4.69) is 20.9 Å². The molecule has 0 radical (unpaired) electrons. The number of halogens is 6. The molecule has 0 N–H and O–H groups in total. The first-order valence-corrected chi connectivity index (χ1v) is 4.88. The lowest BCUT2D eigenvalue weighted by atomic mass is 10.1. The molecule has 7 heteroatoms. The molecule has 0 unspecified atom stereocenters. The van der Waals surface area contributed by atoms with Gasteiger partial charge in [-0.15, -0.1) is 0 Å². The second-order valence-electron chi connectivity index (χ2n) is 2.69. The molecule has 1 nitrogen and oxygen atoms in total. The van der Waals surface area contributed by atoms with Crippen LogP contribution in [0.4, 0.5) is 22.0 Å². The van der Waals surface area contributed by atoms with Gasteiger partial charge in [0.25, 0.3) is 6.43 Å². The van der Waals surface area contributed by atoms with E-state index in [1.54, 1.807) is 0 Å². The first kappa shape index (κ1) is 12.4. The predicted octanol–water partition coefficient (Wildman–Crippen LogP) is 3.93. The van der Waals surface area contributed by atoms with Gasteiger partial charge in [0.2, 0.25) is 0 Å². The van der Waals surface area contributed by atoms with Crippen molar-refractivity contribution in [2.24, 2.45) is 0 Å². The molecule has 1 heterocycles. The molecule has 0 fully saturated rings. The highest BCUT2D eigenvalue weighted by atomic mass is 79.9. The van der Waals surface area contributed by atoms with Crippen molar-refractivity contribution in [3.05, 3.63) is 29.1 Å². The molecule has 0 amide bonds. The topological polar surface area (TPSA) is 12.9 Å². The average Bonchev–Trinajstić information content (AvgIpc) is 2.15. The summed E-state index contributed by atoms with van der Waals surface area (Å²) in [6, 6.07) is 0.425. The van der Waals surface area contributed by atoms with Crippen molar-refractivity contribution in [1.82, 2.24) is 4.98 Å². The van der Waals surface area contributed by atoms with Crippen LogP contribution in [0.25, 0.3) is 0 Å². The van der Waals surface area contributed by atoms with E-state index >= 15 is 0 Å². The molecular weight excluding hydrogens is 285 g/mol. The summed E-state index contributed by atoms with van der Waals surface area (Å²) in [5.41, 5.74) is -1.94. The van der Waals surface area contributed by atoms with Crippen LogP contribution in [0.2, 0.25) is 0 Å². The molecule has 84 valence electrons. The Kier molecular flexibility index (Phi) is 3.64. The normalized spacial score (nSPS) is 12.2. The summed E-state index contributed by atoms with van der Waals surface area (Å²) in [5.74, 6) is 0. The number of nitrogens with zero attached hydrogens (tertiary/aromatic N) is 1. The quantitative estimate of drug-likeness (QED) is 0.594. The molecule has 15 heavy (non-hydrogen) atoms. The summed E-state index contributed by atoms with van der Waals surface area (Å²) in [6.07, 6.45) is -7.07. The smallest absolute Gasteiger partial charge is 0.259 e. The summed E-state index contributed by atoms with van der Waals surface area (Å²) in [4.78, 5) is 3.34. The fourth-order valence-corrected chi connectivity index (χ4v) is 1.43. The van der Waals surface area contributed by atoms with Crippen molar-refractivity contribution >= 4 is 15.9 Å². The van der Waals surface area contributed by atoms with Crippen LogP contribution in [-0.4, -0.2) is 4.98 Å². The third-order valence-corrected chi connectivity index (χ3v) is 2.22. The number of hydrogen-bond donors (Lipinski definition) is 0. The summed E-state index contributed by atoms with van der Waals surface area (Å²) >= 11 is 2.87. The van der Waals surface area contributed by atoms with Gasteiger partial charge in [-0.3, -0.25) is 4.98 Å². The average molecular weight is 290 g/mol. The van der Waals surface area contributed by atoms with E-state index in [-0.39, 0.29) is 11.0 Å². The third-order valence-electron chi connectivity index (χ3n) is 1.69. The maximum atomic E-state index is 12.4. The lowest BCUT2D eigenvalue weighted by Gasteiger charge is -2.10. The van der Waals surface area contributed by atoms with Crippen LogP contribution in [0.1, 0.15) is 23.2 Å². The number of alkyl halides is 6. The maximum absolute atomic E-state index is 12.4. The summed E-state index contributed by atoms with van der Waals surface area (Å²) < 4.78 is 61.2. The lowest BCUT2D eigenvalue weighted by molar-refractivity contribution is -0.138. The minimum Gasteiger partial charge on any atom is -0.259 e. The second-order valence-corrected chi connectivity index (χ2v) is 3.25. The van der Waals surface area contributed by atoms with Crippen molar-refractivity contribution in [3.8, 4) is 0 Å². The van der Waals surface area contributed by atoms with Crippen molar-refractivity contribution in [3.63, 3.8) is 0 Å². The summed E-state index contributed by atoms with van der Waals surface area (Å²) in [5, 5.41) is -0.00912. The van der Waals surface area contributed by atoms with Gasteiger partial charge in [0.05, 0.1) is 11.3 Å². The van der Waals surface area contributed by atoms with E-state index in [4.69, 9.17) is 0 Å². The highest BCUT2D eigenvalue weighted by Crippen LogP contribution is 2.32. The van der Waals surface area contributed by atoms with E-state index in [1.807, 2.05) is 0 Å². The van der Waals surface area contributed by atoms with Gasteiger partial charge in [-0.2, -0.15) is 13.2 Å². The minimum atomic E-state index is -4.65. The van der Waals surface area contributed by atoms with Crippen LogP contribution in [0, 0.1) is 0 Å². The van der Waals surface area contributed by atoms with Crippen LogP contribution in [0.3, 0.4) is 0 Å². The van der Waals surface area contributed by atoms with Gasteiger partial charge in [-0.25, -0.2) is 8.78 Å². The molecule has 1 aromatic rings. The largest absolute Gasteiger partial charge is 0.417 e. The van der Waals surface area contributed by atoms with Crippen molar-refractivity contribution in [2.75, 3.05) is 0 Å². The molecule has 0 aromatic carbocycles. The zero-order valence-electron chi connectivity index (χ0n) is 7.15. The van der Waals surface area contributed by atoms with E-state index in [0.717, 1.165) is 0 Å². The molecule has 0 saturated carbocycles. The van der Waals surface area contributed by atoms with Crippen molar-refractivity contribution in [2.45, 2.75) is 17.9 Å². The van der Waals surface area contributed by atoms with Crippen LogP contribution in [0.15, 0.2) is 12.3 Å². The Bertz CT molecular complexity index is 349. The van der Waals surface area contributed by atoms with Gasteiger partial charge in [-0.1, -0.05) is 15.9 Å². The molecule has 0 aliphatic rings. The highest BCUT2D eigenvalue weighted by Gasteiger charge is 2.32. The second kappa shape index (κ2) is 4.42. The Morgan fingerprint density at radius 3 is 2.33 bits per heavy atom. The first-order chi connectivity index (χ1) is 6.86. The predicted molar refractivity (Wildman–Crippen MR) is 46.8 cm³/mol. The van der Waals surface area contributed by atoms with E-state index in [1.165, 1.54) is 0 Å². The van der Waals surface area contributed by atoms with Crippen LogP contribution in [-0.2, 0) is 11.5 Å². The van der Waals surface area contributed by atoms with Crippen molar-refractivity contribution < 1.29 is 22.0 Å². The lowest BCUT2D eigenvalue weighted by Crippen LogP contribution is -2.08. The molecule has 1 aromatic heterocycles. The zero-order valence-corrected chi connectivity index (χ0v) is 8.74. The van der Waals surface area contributed by atoms with Gasteiger partial charge in [0.1, 0.15) is 0 Å². The standard InChI is InChI=1S/C8H5BrF5N/c9-2-6-5(7(10)11)1-4(3-15-6)8(12,13)14/h1,3,7H,2H2. The van der Waals surface area contributed by atoms with Gasteiger partial charge >= 0.3 is 6.18 Å². The van der Waals surface area contributed by atoms with Crippen LogP contribution in [0.5, 0.6) is 0 Å². The molecule has 0 atom stereocenters. The Balaban J connectivity index is 3.22. The SMILES string of the molecule is FC(F)c1cc(C(F)(F)F)cnc1CBr. The number of rotatable bonds is 2. The Morgan fingerprint density at radius 2 is 1.93 bits per heavy atom. The van der Waals surface area contributed by atoms with Gasteiger partial charge < -0.3 is 0 Å². The first-order valence-electron chi connectivity index (χ1n) is 3.76. The van der Waals surface area contributed by atoms with Gasteiger partial charge in [-0.05, 0) is 6.07 Å². The van der Waals surface area contributed by atoms with Crippen molar-refractivity contribution in [1.29, 1.82) is 0 Å². The van der Waals surface area contributed by atoms with E-state index in [0.29, 0.717) is 12.3 Å². The molecule has 1 rings (SSSR count). The monoisotopic (exact) mass is 289 g/mol. The minimum absolute atomic E-state index is 0.00912. The van der Waals surface area contributed by atoms with E-state index in [9.17, 15) is 22.0 Å². The zero-order chi connectivity index (χ0) is 11.6. The molecule has 0 aliphatic carbocycles. The highest BCUT2D eigenvalue weighted by molar-refractivity contribution is 9.08. The Morgan fingerprint density at radius 1 is 1.33 bits per heavy atom. The Labute approximate surface area is 90.4 Å². The third kappa shape index (κ3) is 2.87. The Hall–Kier alpha value is -0.720. The molecule has 0 aliphatic heterocycles. The van der Waals surface area contributed by atoms with Gasteiger partial charge in [0, 0.05) is 17.1 Å². The molecule has 0 spiro atoms. The fourth-order valence-electron chi connectivity index (χ4n) is 0.966. The van der Waals surface area contributed by atoms with Crippen LogP contribution >= 0.6 is 15.9 Å². The molecular formula is C8H5BrF5N. The maximum Gasteiger partial charge on any atom is 0.417 e. The number of hydrogen-bond acceptors (Lipinski definition) is 1. The molecule has 0 saturated heterocycles.